The summed E-state index contributed by atoms with van der Waals surface area (Å²) in [6.07, 6.45) is 0. The lowest BCUT2D eigenvalue weighted by Gasteiger charge is -2.24. The number of nitrogens with zero attached hydrogens (tertiary/aromatic N) is 1. The molecule has 108 valence electrons. The standard InChI is InChI=1S/C16H23N3O/c1-12(15(20)19-16(2,3)4)18-11-14(10-17)13-8-6-5-7-9-13/h5-9,12,14,18H,11H2,1-4H3,(H,19,20). The molecule has 0 radical (unpaired) electrons. The summed E-state index contributed by atoms with van der Waals surface area (Å²) in [6.45, 7) is 8.10. The van der Waals surface area contributed by atoms with Gasteiger partial charge in [0.1, 0.15) is 0 Å². The maximum Gasteiger partial charge on any atom is 0.237 e. The molecule has 20 heavy (non-hydrogen) atoms. The molecule has 1 rings (SSSR count). The molecule has 0 aromatic heterocycles. The maximum absolute atomic E-state index is 11.9. The number of nitrogens with one attached hydrogen (secondary N) is 2. The van der Waals surface area contributed by atoms with E-state index in [1.807, 2.05) is 51.1 Å². The van der Waals surface area contributed by atoms with Crippen LogP contribution in [0.4, 0.5) is 0 Å². The second-order valence-corrected chi connectivity index (χ2v) is 5.96. The van der Waals surface area contributed by atoms with Crippen molar-refractivity contribution in [2.24, 2.45) is 0 Å². The molecule has 0 saturated carbocycles. The van der Waals surface area contributed by atoms with Crippen molar-refractivity contribution in [3.63, 3.8) is 0 Å². The van der Waals surface area contributed by atoms with E-state index in [4.69, 9.17) is 0 Å². The number of hydrogen-bond acceptors (Lipinski definition) is 3. The summed E-state index contributed by atoms with van der Waals surface area (Å²) in [7, 11) is 0. The second kappa shape index (κ2) is 7.06. The molecular weight excluding hydrogens is 250 g/mol. The maximum atomic E-state index is 11.9. The van der Waals surface area contributed by atoms with Crippen LogP contribution in [0.1, 0.15) is 39.2 Å². The number of hydrogen-bond donors (Lipinski definition) is 2. The summed E-state index contributed by atoms with van der Waals surface area (Å²) in [5, 5.41) is 15.3. The van der Waals surface area contributed by atoms with Crippen LogP contribution in [-0.2, 0) is 4.79 Å². The Hall–Kier alpha value is -1.86. The highest BCUT2D eigenvalue weighted by Gasteiger charge is 2.20. The summed E-state index contributed by atoms with van der Waals surface area (Å²) < 4.78 is 0. The quantitative estimate of drug-likeness (QED) is 0.864. The molecule has 1 aromatic carbocycles. The van der Waals surface area contributed by atoms with E-state index in [0.717, 1.165) is 5.56 Å². The van der Waals surface area contributed by atoms with Crippen LogP contribution >= 0.6 is 0 Å². The number of carbonyl (C=O) groups is 1. The van der Waals surface area contributed by atoms with E-state index < -0.39 is 0 Å². The van der Waals surface area contributed by atoms with Gasteiger partial charge in [-0.3, -0.25) is 4.79 Å². The van der Waals surface area contributed by atoms with Gasteiger partial charge in [0.15, 0.2) is 0 Å². The second-order valence-electron chi connectivity index (χ2n) is 5.96. The Bertz CT molecular complexity index is 471. The van der Waals surface area contributed by atoms with Crippen LogP contribution in [0.15, 0.2) is 30.3 Å². The minimum atomic E-state index is -0.325. The Morgan fingerprint density at radius 1 is 1.30 bits per heavy atom. The number of benzene rings is 1. The molecule has 0 saturated heterocycles. The predicted octanol–water partition coefficient (Wildman–Crippen LogP) is 2.19. The van der Waals surface area contributed by atoms with Gasteiger partial charge in [0.2, 0.25) is 5.91 Å². The Morgan fingerprint density at radius 3 is 2.40 bits per heavy atom. The fraction of sp³-hybridized carbons (Fsp3) is 0.500. The molecule has 2 N–H and O–H groups in total. The van der Waals surface area contributed by atoms with E-state index >= 15 is 0 Å². The molecule has 0 aliphatic heterocycles. The average Bonchev–Trinajstić information content (AvgIpc) is 2.38. The first-order valence-corrected chi connectivity index (χ1v) is 6.83. The minimum Gasteiger partial charge on any atom is -0.350 e. The van der Waals surface area contributed by atoms with Gasteiger partial charge in [-0.2, -0.15) is 5.26 Å². The molecule has 4 heteroatoms. The Morgan fingerprint density at radius 2 is 1.90 bits per heavy atom. The number of rotatable bonds is 5. The third kappa shape index (κ3) is 5.41. The molecule has 0 heterocycles. The van der Waals surface area contributed by atoms with Gasteiger partial charge in [-0.05, 0) is 33.3 Å². The first kappa shape index (κ1) is 16.2. The largest absolute Gasteiger partial charge is 0.350 e. The van der Waals surface area contributed by atoms with Crippen LogP contribution < -0.4 is 10.6 Å². The molecule has 1 aromatic rings. The molecule has 0 bridgehead atoms. The van der Waals surface area contributed by atoms with E-state index in [1.54, 1.807) is 6.92 Å². The van der Waals surface area contributed by atoms with Crippen LogP contribution in [0.25, 0.3) is 0 Å². The predicted molar refractivity (Wildman–Crippen MR) is 80.2 cm³/mol. The van der Waals surface area contributed by atoms with E-state index in [0.29, 0.717) is 6.54 Å². The van der Waals surface area contributed by atoms with E-state index in [1.165, 1.54) is 0 Å². The fourth-order valence-electron chi connectivity index (χ4n) is 1.79. The van der Waals surface area contributed by atoms with Crippen molar-refractivity contribution in [3.05, 3.63) is 35.9 Å². The van der Waals surface area contributed by atoms with Gasteiger partial charge in [-0.15, -0.1) is 0 Å². The van der Waals surface area contributed by atoms with Gasteiger partial charge in [-0.1, -0.05) is 30.3 Å². The number of carbonyl (C=O) groups excluding carboxylic acids is 1. The molecule has 0 aliphatic carbocycles. The molecule has 2 atom stereocenters. The Kier molecular flexibility index (Phi) is 5.72. The van der Waals surface area contributed by atoms with Crippen molar-refractivity contribution in [3.8, 4) is 6.07 Å². The minimum absolute atomic E-state index is 0.0535. The smallest absolute Gasteiger partial charge is 0.237 e. The number of nitriles is 1. The van der Waals surface area contributed by atoms with Gasteiger partial charge in [0, 0.05) is 12.1 Å². The molecule has 0 spiro atoms. The highest BCUT2D eigenvalue weighted by atomic mass is 16.2. The third-order valence-electron chi connectivity index (χ3n) is 2.88. The van der Waals surface area contributed by atoms with Crippen molar-refractivity contribution < 1.29 is 4.79 Å². The number of amides is 1. The highest BCUT2D eigenvalue weighted by molar-refractivity contribution is 5.81. The van der Waals surface area contributed by atoms with Gasteiger partial charge in [0.05, 0.1) is 18.0 Å². The zero-order valence-corrected chi connectivity index (χ0v) is 12.6. The highest BCUT2D eigenvalue weighted by Crippen LogP contribution is 2.13. The normalized spacial score (nSPS) is 14.2. The lowest BCUT2D eigenvalue weighted by Crippen LogP contribution is -2.50. The lowest BCUT2D eigenvalue weighted by atomic mass is 10.0. The fourth-order valence-corrected chi connectivity index (χ4v) is 1.79. The summed E-state index contributed by atoms with van der Waals surface area (Å²) >= 11 is 0. The summed E-state index contributed by atoms with van der Waals surface area (Å²) in [4.78, 5) is 11.9. The molecule has 4 nitrogen and oxygen atoms in total. The SMILES string of the molecule is CC(NCC(C#N)c1ccccc1)C(=O)NC(C)(C)C. The topological polar surface area (TPSA) is 64.9 Å². The van der Waals surface area contributed by atoms with Crippen LogP contribution in [0.5, 0.6) is 0 Å². The molecule has 0 fully saturated rings. The van der Waals surface area contributed by atoms with Gasteiger partial charge >= 0.3 is 0 Å². The third-order valence-corrected chi connectivity index (χ3v) is 2.88. The van der Waals surface area contributed by atoms with Crippen LogP contribution in [0, 0.1) is 11.3 Å². The van der Waals surface area contributed by atoms with E-state index in [-0.39, 0.29) is 23.4 Å². The molecule has 2 unspecified atom stereocenters. The average molecular weight is 273 g/mol. The van der Waals surface area contributed by atoms with E-state index in [2.05, 4.69) is 16.7 Å². The zero-order valence-electron chi connectivity index (χ0n) is 12.6. The first-order valence-electron chi connectivity index (χ1n) is 6.83. The summed E-state index contributed by atoms with van der Waals surface area (Å²) in [5.74, 6) is -0.302. The Labute approximate surface area is 121 Å². The van der Waals surface area contributed by atoms with Gasteiger partial charge in [0.25, 0.3) is 0 Å². The van der Waals surface area contributed by atoms with E-state index in [9.17, 15) is 10.1 Å². The van der Waals surface area contributed by atoms with Crippen molar-refractivity contribution in [1.82, 2.24) is 10.6 Å². The summed E-state index contributed by atoms with van der Waals surface area (Å²) in [6, 6.07) is 11.5. The zero-order chi connectivity index (χ0) is 15.2. The van der Waals surface area contributed by atoms with Crippen LogP contribution in [0.2, 0.25) is 0 Å². The van der Waals surface area contributed by atoms with Crippen molar-refractivity contribution in [1.29, 1.82) is 5.26 Å². The van der Waals surface area contributed by atoms with Crippen molar-refractivity contribution in [2.75, 3.05) is 6.54 Å². The van der Waals surface area contributed by atoms with Crippen molar-refractivity contribution in [2.45, 2.75) is 45.2 Å². The van der Waals surface area contributed by atoms with Gasteiger partial charge in [-0.25, -0.2) is 0 Å². The Balaban J connectivity index is 2.53. The monoisotopic (exact) mass is 273 g/mol. The molecule has 1 amide bonds. The van der Waals surface area contributed by atoms with Gasteiger partial charge < -0.3 is 10.6 Å². The van der Waals surface area contributed by atoms with Crippen LogP contribution in [-0.4, -0.2) is 24.0 Å². The summed E-state index contributed by atoms with van der Waals surface area (Å²) in [5.41, 5.74) is 0.715. The molecular formula is C16H23N3O. The van der Waals surface area contributed by atoms with Crippen LogP contribution in [0.3, 0.4) is 0 Å². The first-order chi connectivity index (χ1) is 9.33. The van der Waals surface area contributed by atoms with Crippen molar-refractivity contribution >= 4 is 5.91 Å². The lowest BCUT2D eigenvalue weighted by molar-refractivity contribution is -0.124. The molecule has 0 aliphatic rings.